The zero-order valence-corrected chi connectivity index (χ0v) is 22.7. The van der Waals surface area contributed by atoms with E-state index in [9.17, 15) is 19.5 Å². The largest absolute Gasteiger partial charge is 0.497 e. The molecule has 3 aliphatic heterocycles. The minimum Gasteiger partial charge on any atom is -0.497 e. The topological polar surface area (TPSA) is 108 Å². The van der Waals surface area contributed by atoms with Gasteiger partial charge in [0.25, 0.3) is 0 Å². The van der Waals surface area contributed by atoms with Crippen LogP contribution in [-0.4, -0.2) is 63.5 Å². The van der Waals surface area contributed by atoms with Crippen molar-refractivity contribution in [3.63, 3.8) is 0 Å². The van der Waals surface area contributed by atoms with Gasteiger partial charge in [0.05, 0.1) is 36.3 Å². The molecular formula is C29H35N3O5S. The van der Waals surface area contributed by atoms with Gasteiger partial charge in [-0.1, -0.05) is 44.2 Å². The highest BCUT2D eigenvalue weighted by molar-refractivity contribution is 8.02. The predicted molar refractivity (Wildman–Crippen MR) is 147 cm³/mol. The van der Waals surface area contributed by atoms with Gasteiger partial charge in [0, 0.05) is 17.5 Å². The number of nitrogens with zero attached hydrogens (tertiary/aromatic N) is 1. The summed E-state index contributed by atoms with van der Waals surface area (Å²) in [5.41, 5.74) is 1.59. The SMILES string of the molecule is CC[C@@H](CO)N1C(=O)[C@@H]2[C@@H](C(=O)NCc3ccccc3)[C@H]3CC(C)C2(S3)C1C(=O)Nc1ccc(OC)cc1. The number of aliphatic hydroxyl groups excluding tert-OH is 1. The van der Waals surface area contributed by atoms with E-state index in [1.165, 1.54) is 0 Å². The van der Waals surface area contributed by atoms with E-state index >= 15 is 0 Å². The summed E-state index contributed by atoms with van der Waals surface area (Å²) in [5.74, 6) is -1.06. The number of hydrogen-bond donors (Lipinski definition) is 3. The summed E-state index contributed by atoms with van der Waals surface area (Å²) in [6.45, 7) is 4.12. The van der Waals surface area contributed by atoms with Gasteiger partial charge in [-0.15, -0.1) is 11.8 Å². The van der Waals surface area contributed by atoms with E-state index < -0.39 is 28.7 Å². The van der Waals surface area contributed by atoms with Crippen molar-refractivity contribution in [1.82, 2.24) is 10.2 Å². The number of fused-ring (bicyclic) bond motifs is 1. The standard InChI is InChI=1S/C29H35N3O5S/c1-4-20(16-33)32-25(27(35)31-19-10-12-21(37-3)13-11-19)29-17(2)14-22(38-29)23(24(29)28(32)36)26(34)30-15-18-8-6-5-7-9-18/h5-13,17,20,22-25,33H,4,14-16H2,1-3H3,(H,30,34)(H,31,35)/t17?,20-,22+,23-,24-,25?,29?/m0/s1. The molecule has 3 saturated heterocycles. The average Bonchev–Trinajstić information content (AvgIpc) is 3.53. The Kier molecular flexibility index (Phi) is 7.42. The smallest absolute Gasteiger partial charge is 0.248 e. The maximum absolute atomic E-state index is 14.1. The monoisotopic (exact) mass is 537 g/mol. The number of aliphatic hydroxyl groups is 1. The molecule has 0 saturated carbocycles. The van der Waals surface area contributed by atoms with E-state index in [0.29, 0.717) is 24.4 Å². The second kappa shape index (κ2) is 10.6. The second-order valence-corrected chi connectivity index (χ2v) is 12.0. The Morgan fingerprint density at radius 3 is 2.50 bits per heavy atom. The van der Waals surface area contributed by atoms with Crippen LogP contribution in [0, 0.1) is 17.8 Å². The first-order valence-electron chi connectivity index (χ1n) is 13.2. The van der Waals surface area contributed by atoms with Crippen LogP contribution in [-0.2, 0) is 20.9 Å². The molecule has 0 radical (unpaired) electrons. The van der Waals surface area contributed by atoms with Crippen LogP contribution in [0.3, 0.4) is 0 Å². The molecule has 3 heterocycles. The van der Waals surface area contributed by atoms with Crippen molar-refractivity contribution < 1.29 is 24.2 Å². The molecule has 8 nitrogen and oxygen atoms in total. The highest BCUT2D eigenvalue weighted by atomic mass is 32.2. The van der Waals surface area contributed by atoms with Gasteiger partial charge in [-0.3, -0.25) is 14.4 Å². The zero-order valence-electron chi connectivity index (χ0n) is 21.9. The Labute approximate surface area is 227 Å². The van der Waals surface area contributed by atoms with Crippen molar-refractivity contribution in [3.8, 4) is 5.75 Å². The van der Waals surface area contributed by atoms with Crippen LogP contribution in [0.5, 0.6) is 5.75 Å². The number of amides is 3. The predicted octanol–water partition coefficient (Wildman–Crippen LogP) is 3.06. The molecule has 1 spiro atoms. The number of rotatable bonds is 9. The van der Waals surface area contributed by atoms with Gasteiger partial charge >= 0.3 is 0 Å². The number of methoxy groups -OCH3 is 1. The lowest BCUT2D eigenvalue weighted by Gasteiger charge is -2.40. The summed E-state index contributed by atoms with van der Waals surface area (Å²) in [6, 6.07) is 15.4. The number of ether oxygens (including phenoxy) is 1. The van der Waals surface area contributed by atoms with Crippen LogP contribution in [0.2, 0.25) is 0 Å². The number of hydrogen-bond acceptors (Lipinski definition) is 6. The average molecular weight is 538 g/mol. The van der Waals surface area contributed by atoms with Crippen LogP contribution < -0.4 is 15.4 Å². The quantitative estimate of drug-likeness (QED) is 0.454. The number of nitrogens with one attached hydrogen (secondary N) is 2. The van der Waals surface area contributed by atoms with Crippen LogP contribution in [0.15, 0.2) is 54.6 Å². The van der Waals surface area contributed by atoms with E-state index in [0.717, 1.165) is 12.0 Å². The molecule has 3 N–H and O–H groups in total. The van der Waals surface area contributed by atoms with Gasteiger partial charge in [0.1, 0.15) is 11.8 Å². The van der Waals surface area contributed by atoms with Gasteiger partial charge in [-0.05, 0) is 48.6 Å². The molecule has 202 valence electrons. The number of benzene rings is 2. The molecule has 38 heavy (non-hydrogen) atoms. The molecule has 3 unspecified atom stereocenters. The summed E-state index contributed by atoms with van der Waals surface area (Å²) >= 11 is 1.63. The molecule has 5 rings (SSSR count). The third kappa shape index (κ3) is 4.25. The van der Waals surface area contributed by atoms with Crippen molar-refractivity contribution in [1.29, 1.82) is 0 Å². The van der Waals surface area contributed by atoms with Crippen molar-refractivity contribution in [3.05, 3.63) is 60.2 Å². The van der Waals surface area contributed by atoms with Crippen LogP contribution in [0.25, 0.3) is 0 Å². The fraction of sp³-hybridized carbons (Fsp3) is 0.483. The first-order valence-corrected chi connectivity index (χ1v) is 14.1. The van der Waals surface area contributed by atoms with Crippen LogP contribution in [0.4, 0.5) is 5.69 Å². The molecule has 2 aromatic carbocycles. The third-order valence-electron chi connectivity index (χ3n) is 8.48. The highest BCUT2D eigenvalue weighted by Gasteiger charge is 2.76. The van der Waals surface area contributed by atoms with E-state index in [4.69, 9.17) is 4.74 Å². The zero-order chi connectivity index (χ0) is 27.0. The van der Waals surface area contributed by atoms with Gasteiger partial charge in [-0.25, -0.2) is 0 Å². The summed E-state index contributed by atoms with van der Waals surface area (Å²) in [4.78, 5) is 43.3. The molecule has 3 amide bonds. The number of anilines is 1. The van der Waals surface area contributed by atoms with Crippen LogP contribution >= 0.6 is 11.8 Å². The van der Waals surface area contributed by atoms with Crippen molar-refractivity contribution >= 4 is 35.2 Å². The fourth-order valence-corrected chi connectivity index (χ4v) is 9.06. The number of thioether (sulfide) groups is 1. The Morgan fingerprint density at radius 1 is 1.16 bits per heavy atom. The van der Waals surface area contributed by atoms with Gasteiger partial charge in [-0.2, -0.15) is 0 Å². The number of carbonyl (C=O) groups is 3. The molecule has 0 aliphatic carbocycles. The maximum atomic E-state index is 14.1. The summed E-state index contributed by atoms with van der Waals surface area (Å²) in [7, 11) is 1.58. The molecule has 3 aliphatic rings. The maximum Gasteiger partial charge on any atom is 0.248 e. The number of carbonyl (C=O) groups excluding carboxylic acids is 3. The molecule has 2 bridgehead atoms. The van der Waals surface area contributed by atoms with Crippen molar-refractivity contribution in [2.45, 2.75) is 55.3 Å². The number of likely N-dealkylation sites (tertiary alicyclic amines) is 1. The third-order valence-corrected chi connectivity index (χ3v) is 10.6. The normalized spacial score (nSPS) is 30.2. The molecular weight excluding hydrogens is 502 g/mol. The molecule has 9 heteroatoms. The summed E-state index contributed by atoms with van der Waals surface area (Å²) in [6.07, 6.45) is 1.26. The Bertz CT molecular complexity index is 1190. The lowest BCUT2D eigenvalue weighted by Crippen LogP contribution is -2.57. The van der Waals surface area contributed by atoms with Gasteiger partial charge < -0.3 is 25.4 Å². The van der Waals surface area contributed by atoms with Gasteiger partial charge in [0.15, 0.2) is 0 Å². The fourth-order valence-electron chi connectivity index (χ4n) is 6.65. The lowest BCUT2D eigenvalue weighted by molar-refractivity contribution is -0.142. The minimum atomic E-state index is -0.795. The van der Waals surface area contributed by atoms with Gasteiger partial charge in [0.2, 0.25) is 17.7 Å². The van der Waals surface area contributed by atoms with E-state index in [2.05, 4.69) is 17.6 Å². The van der Waals surface area contributed by atoms with Crippen LogP contribution in [0.1, 0.15) is 32.3 Å². The molecule has 2 aromatic rings. The summed E-state index contributed by atoms with van der Waals surface area (Å²) < 4.78 is 4.48. The Hall–Kier alpha value is -3.04. The molecule has 7 atom stereocenters. The Balaban J connectivity index is 1.47. The van der Waals surface area contributed by atoms with Crippen molar-refractivity contribution in [2.75, 3.05) is 19.0 Å². The Morgan fingerprint density at radius 2 is 1.87 bits per heavy atom. The summed E-state index contributed by atoms with van der Waals surface area (Å²) in [5, 5.41) is 16.2. The highest BCUT2D eigenvalue weighted by Crippen LogP contribution is 2.68. The van der Waals surface area contributed by atoms with E-state index in [1.54, 1.807) is 48.0 Å². The molecule has 3 fully saturated rings. The first kappa shape index (κ1) is 26.6. The minimum absolute atomic E-state index is 0.0395. The first-order chi connectivity index (χ1) is 18.3. The molecule has 0 aromatic heterocycles. The van der Waals surface area contributed by atoms with Crippen molar-refractivity contribution in [2.24, 2.45) is 17.8 Å². The second-order valence-electron chi connectivity index (χ2n) is 10.5. The van der Waals surface area contributed by atoms with E-state index in [-0.39, 0.29) is 35.5 Å². The lowest BCUT2D eigenvalue weighted by atomic mass is 9.66. The van der Waals surface area contributed by atoms with E-state index in [1.807, 2.05) is 37.3 Å².